The number of benzene rings is 1. The van der Waals surface area contributed by atoms with E-state index in [1.165, 1.54) is 0 Å². The molecule has 1 aliphatic carbocycles. The predicted molar refractivity (Wildman–Crippen MR) is 78.3 cm³/mol. The fraction of sp³-hybridized carbons (Fsp3) is 0.412. The first-order chi connectivity index (χ1) is 10.2. The van der Waals surface area contributed by atoms with E-state index in [1.54, 1.807) is 0 Å². The van der Waals surface area contributed by atoms with Crippen molar-refractivity contribution < 1.29 is 14.7 Å². The van der Waals surface area contributed by atoms with Gasteiger partial charge in [0.05, 0.1) is 11.8 Å². The van der Waals surface area contributed by atoms with Crippen LogP contribution >= 0.6 is 0 Å². The Morgan fingerprint density at radius 1 is 1.29 bits per heavy atom. The highest BCUT2D eigenvalue weighted by Crippen LogP contribution is 2.37. The molecular weight excluding hydrogens is 266 g/mol. The molecule has 0 bridgehead atoms. The minimum absolute atomic E-state index is 0.00754. The quantitative estimate of drug-likeness (QED) is 0.867. The molecule has 110 valence electrons. The second-order valence-corrected chi connectivity index (χ2v) is 5.83. The molecule has 1 saturated heterocycles. The topological polar surface area (TPSA) is 57.6 Å². The van der Waals surface area contributed by atoms with Crippen molar-refractivity contribution in [3.63, 3.8) is 0 Å². The fourth-order valence-corrected chi connectivity index (χ4v) is 3.44. The summed E-state index contributed by atoms with van der Waals surface area (Å²) in [5.41, 5.74) is 1.09. The van der Waals surface area contributed by atoms with Crippen molar-refractivity contribution in [1.29, 1.82) is 0 Å². The monoisotopic (exact) mass is 285 g/mol. The van der Waals surface area contributed by atoms with Gasteiger partial charge in [-0.05, 0) is 24.3 Å². The molecule has 1 N–H and O–H groups in total. The third kappa shape index (κ3) is 2.71. The summed E-state index contributed by atoms with van der Waals surface area (Å²) in [6.07, 6.45) is 5.26. The summed E-state index contributed by atoms with van der Waals surface area (Å²) in [5.74, 6) is -1.76. The van der Waals surface area contributed by atoms with Gasteiger partial charge in [-0.15, -0.1) is 0 Å². The third-order valence-electron chi connectivity index (χ3n) is 4.53. The molecule has 4 nitrogen and oxygen atoms in total. The number of hydrogen-bond acceptors (Lipinski definition) is 2. The van der Waals surface area contributed by atoms with E-state index in [4.69, 9.17) is 0 Å². The molecule has 1 aromatic rings. The molecule has 0 unspecified atom stereocenters. The number of allylic oxidation sites excluding steroid dienone is 2. The summed E-state index contributed by atoms with van der Waals surface area (Å²) in [6, 6.07) is 9.85. The number of aliphatic carboxylic acids is 1. The van der Waals surface area contributed by atoms with Gasteiger partial charge in [-0.2, -0.15) is 0 Å². The average molecular weight is 285 g/mol. The lowest BCUT2D eigenvalue weighted by molar-refractivity contribution is -0.155. The van der Waals surface area contributed by atoms with Gasteiger partial charge < -0.3 is 10.0 Å². The number of hydrogen-bond donors (Lipinski definition) is 1. The van der Waals surface area contributed by atoms with Gasteiger partial charge in [-0.1, -0.05) is 42.5 Å². The molecule has 0 radical (unpaired) electrons. The number of carbonyl (C=O) groups excluding carboxylic acids is 1. The lowest BCUT2D eigenvalue weighted by Gasteiger charge is -2.40. The van der Waals surface area contributed by atoms with Gasteiger partial charge in [-0.25, -0.2) is 0 Å². The number of carboxylic acids is 1. The Bertz CT molecular complexity index is 567. The highest BCUT2D eigenvalue weighted by Gasteiger charge is 2.44. The van der Waals surface area contributed by atoms with Crippen LogP contribution in [0.1, 0.15) is 18.4 Å². The van der Waals surface area contributed by atoms with Crippen molar-refractivity contribution >= 4 is 11.9 Å². The van der Waals surface area contributed by atoms with Gasteiger partial charge in [0.1, 0.15) is 0 Å². The highest BCUT2D eigenvalue weighted by atomic mass is 16.4. The maximum atomic E-state index is 12.7. The standard InChI is InChI=1S/C17H19NO3/c19-16-15-13(7-4-8-14(15)17(20)21)9-10-18(16)11-12-5-2-1-3-6-12/h1-7,13-15H,8-11H2,(H,20,21)/t13-,14+,15+/m0/s1. The smallest absolute Gasteiger partial charge is 0.307 e. The number of likely N-dealkylation sites (tertiary alicyclic amines) is 1. The molecule has 4 heteroatoms. The van der Waals surface area contributed by atoms with Gasteiger partial charge in [0, 0.05) is 13.1 Å². The van der Waals surface area contributed by atoms with E-state index in [0.29, 0.717) is 19.5 Å². The summed E-state index contributed by atoms with van der Waals surface area (Å²) in [6.45, 7) is 1.27. The van der Waals surface area contributed by atoms with Crippen LogP contribution < -0.4 is 0 Å². The number of piperidine rings is 1. The molecular formula is C17H19NO3. The summed E-state index contributed by atoms with van der Waals surface area (Å²) < 4.78 is 0. The van der Waals surface area contributed by atoms with Crippen LogP contribution in [0.4, 0.5) is 0 Å². The zero-order valence-corrected chi connectivity index (χ0v) is 11.8. The molecule has 1 heterocycles. The molecule has 0 saturated carbocycles. The zero-order chi connectivity index (χ0) is 14.8. The predicted octanol–water partition coefficient (Wildman–Crippen LogP) is 2.31. The molecule has 0 spiro atoms. The summed E-state index contributed by atoms with van der Waals surface area (Å²) in [5, 5.41) is 9.37. The van der Waals surface area contributed by atoms with Crippen LogP contribution in [0.15, 0.2) is 42.5 Å². The van der Waals surface area contributed by atoms with Crippen molar-refractivity contribution in [2.75, 3.05) is 6.54 Å². The van der Waals surface area contributed by atoms with Crippen molar-refractivity contribution in [3.05, 3.63) is 48.0 Å². The Morgan fingerprint density at radius 3 is 2.76 bits per heavy atom. The maximum absolute atomic E-state index is 12.7. The molecule has 3 atom stereocenters. The fourth-order valence-electron chi connectivity index (χ4n) is 3.44. The Balaban J connectivity index is 1.79. The van der Waals surface area contributed by atoms with E-state index in [2.05, 4.69) is 0 Å². The van der Waals surface area contributed by atoms with Crippen LogP contribution in [0, 0.1) is 17.8 Å². The molecule has 0 aromatic heterocycles. The number of carboxylic acid groups (broad SMARTS) is 1. The van der Waals surface area contributed by atoms with Crippen molar-refractivity contribution in [2.24, 2.45) is 17.8 Å². The van der Waals surface area contributed by atoms with Crippen LogP contribution in [0.2, 0.25) is 0 Å². The Morgan fingerprint density at radius 2 is 2.05 bits per heavy atom. The van der Waals surface area contributed by atoms with Crippen LogP contribution in [-0.2, 0) is 16.1 Å². The minimum atomic E-state index is -0.857. The van der Waals surface area contributed by atoms with E-state index in [0.717, 1.165) is 12.0 Å². The second kappa shape index (κ2) is 5.72. The van der Waals surface area contributed by atoms with E-state index in [-0.39, 0.29) is 11.8 Å². The summed E-state index contributed by atoms with van der Waals surface area (Å²) in [4.78, 5) is 25.9. The number of carbonyl (C=O) groups is 2. The lowest BCUT2D eigenvalue weighted by Crippen LogP contribution is -2.49. The molecule has 3 rings (SSSR count). The van der Waals surface area contributed by atoms with E-state index in [9.17, 15) is 14.7 Å². The van der Waals surface area contributed by atoms with Gasteiger partial charge in [-0.3, -0.25) is 9.59 Å². The van der Waals surface area contributed by atoms with Crippen molar-refractivity contribution in [3.8, 4) is 0 Å². The van der Waals surface area contributed by atoms with E-state index >= 15 is 0 Å². The summed E-state index contributed by atoms with van der Waals surface area (Å²) in [7, 11) is 0. The van der Waals surface area contributed by atoms with Crippen LogP contribution in [0.3, 0.4) is 0 Å². The molecule has 1 aliphatic heterocycles. The lowest BCUT2D eigenvalue weighted by atomic mass is 9.71. The highest BCUT2D eigenvalue weighted by molar-refractivity contribution is 5.86. The maximum Gasteiger partial charge on any atom is 0.307 e. The SMILES string of the molecule is O=C(O)[C@@H]1CC=C[C@H]2CCN(Cc3ccccc3)C(=O)[C@H]21. The van der Waals surface area contributed by atoms with Crippen LogP contribution in [0.25, 0.3) is 0 Å². The molecule has 21 heavy (non-hydrogen) atoms. The van der Waals surface area contributed by atoms with E-state index < -0.39 is 17.8 Å². The van der Waals surface area contributed by atoms with Gasteiger partial charge >= 0.3 is 5.97 Å². The number of nitrogens with zero attached hydrogens (tertiary/aromatic N) is 1. The number of fused-ring (bicyclic) bond motifs is 1. The molecule has 2 aliphatic rings. The number of amides is 1. The van der Waals surface area contributed by atoms with Gasteiger partial charge in [0.2, 0.25) is 5.91 Å². The Hall–Kier alpha value is -2.10. The normalized spacial score (nSPS) is 28.3. The van der Waals surface area contributed by atoms with Crippen molar-refractivity contribution in [2.45, 2.75) is 19.4 Å². The minimum Gasteiger partial charge on any atom is -0.481 e. The van der Waals surface area contributed by atoms with Crippen LogP contribution in [-0.4, -0.2) is 28.4 Å². The van der Waals surface area contributed by atoms with Crippen LogP contribution in [0.5, 0.6) is 0 Å². The van der Waals surface area contributed by atoms with E-state index in [1.807, 2.05) is 47.4 Å². The number of rotatable bonds is 3. The Labute approximate surface area is 124 Å². The Kier molecular flexibility index (Phi) is 3.78. The first kappa shape index (κ1) is 13.9. The molecule has 1 aromatic carbocycles. The molecule has 1 amide bonds. The largest absolute Gasteiger partial charge is 0.481 e. The second-order valence-electron chi connectivity index (χ2n) is 5.83. The average Bonchev–Trinajstić information content (AvgIpc) is 2.50. The van der Waals surface area contributed by atoms with Crippen molar-refractivity contribution in [1.82, 2.24) is 4.90 Å². The summed E-state index contributed by atoms with van der Waals surface area (Å²) >= 11 is 0. The molecule has 1 fully saturated rings. The van der Waals surface area contributed by atoms with Gasteiger partial charge in [0.15, 0.2) is 0 Å². The first-order valence-electron chi connectivity index (χ1n) is 7.39. The third-order valence-corrected chi connectivity index (χ3v) is 4.53. The first-order valence-corrected chi connectivity index (χ1v) is 7.39. The zero-order valence-electron chi connectivity index (χ0n) is 11.8. The van der Waals surface area contributed by atoms with Gasteiger partial charge in [0.25, 0.3) is 0 Å².